The van der Waals surface area contributed by atoms with E-state index in [2.05, 4.69) is 30.9 Å². The van der Waals surface area contributed by atoms with Crippen LogP contribution in [0.4, 0.5) is 0 Å². The van der Waals surface area contributed by atoms with Crippen LogP contribution in [0.2, 0.25) is 0 Å². The van der Waals surface area contributed by atoms with Gasteiger partial charge in [0.1, 0.15) is 0 Å². The predicted molar refractivity (Wildman–Crippen MR) is 105 cm³/mol. The van der Waals surface area contributed by atoms with Crippen molar-refractivity contribution in [3.8, 4) is 0 Å². The van der Waals surface area contributed by atoms with Gasteiger partial charge in [0.25, 0.3) is 5.91 Å². The van der Waals surface area contributed by atoms with Crippen LogP contribution >= 0.6 is 0 Å². The van der Waals surface area contributed by atoms with Gasteiger partial charge in [-0.05, 0) is 25.2 Å². The number of aliphatic hydroxyl groups excluding tert-OH is 1. The molecule has 2 atom stereocenters. The Labute approximate surface area is 165 Å². The molecule has 4 heterocycles. The molecule has 2 aromatic heterocycles. The second kappa shape index (κ2) is 6.81. The van der Waals surface area contributed by atoms with Crippen molar-refractivity contribution in [3.63, 3.8) is 0 Å². The van der Waals surface area contributed by atoms with E-state index in [-0.39, 0.29) is 29.1 Å². The van der Waals surface area contributed by atoms with Crippen LogP contribution in [0.3, 0.4) is 0 Å². The van der Waals surface area contributed by atoms with Crippen molar-refractivity contribution in [2.24, 2.45) is 5.41 Å². The summed E-state index contributed by atoms with van der Waals surface area (Å²) in [6, 6.07) is 1.82. The molecule has 0 aromatic carbocycles. The summed E-state index contributed by atoms with van der Waals surface area (Å²) in [5.74, 6) is -0.0130. The molecule has 0 bridgehead atoms. The zero-order valence-electron chi connectivity index (χ0n) is 17.2. The van der Waals surface area contributed by atoms with Crippen LogP contribution in [-0.2, 0) is 4.74 Å². The van der Waals surface area contributed by atoms with Crippen LogP contribution in [0.5, 0.6) is 0 Å². The number of carbonyl (C=O) groups excluding carboxylic acids is 1. The maximum absolute atomic E-state index is 13.1. The molecule has 2 aromatic rings. The average Bonchev–Trinajstić information content (AvgIpc) is 3.10. The third-order valence-corrected chi connectivity index (χ3v) is 6.30. The first kappa shape index (κ1) is 19.3. The van der Waals surface area contributed by atoms with Gasteiger partial charge in [-0.2, -0.15) is 5.10 Å². The van der Waals surface area contributed by atoms with Gasteiger partial charge >= 0.3 is 0 Å². The lowest BCUT2D eigenvalue weighted by Crippen LogP contribution is -2.55. The number of ether oxygens (including phenoxy) is 1. The normalized spacial score (nSPS) is 25.4. The molecule has 7 heteroatoms. The van der Waals surface area contributed by atoms with Crippen molar-refractivity contribution in [1.82, 2.24) is 19.5 Å². The molecule has 4 rings (SSSR count). The summed E-state index contributed by atoms with van der Waals surface area (Å²) >= 11 is 0. The molecular weight excluding hydrogens is 356 g/mol. The van der Waals surface area contributed by atoms with Gasteiger partial charge in [0, 0.05) is 38.2 Å². The largest absolute Gasteiger partial charge is 0.393 e. The minimum Gasteiger partial charge on any atom is -0.393 e. The van der Waals surface area contributed by atoms with Crippen LogP contribution in [0.25, 0.3) is 5.65 Å². The number of fused-ring (bicyclic) bond motifs is 1. The fourth-order valence-electron chi connectivity index (χ4n) is 4.50. The molecule has 0 radical (unpaired) electrons. The molecule has 2 saturated heterocycles. The molecule has 2 aliphatic rings. The highest BCUT2D eigenvalue weighted by Gasteiger charge is 2.46. The lowest BCUT2D eigenvalue weighted by molar-refractivity contribution is -0.205. The zero-order chi connectivity index (χ0) is 20.1. The van der Waals surface area contributed by atoms with Crippen molar-refractivity contribution in [2.45, 2.75) is 71.2 Å². The molecule has 28 heavy (non-hydrogen) atoms. The summed E-state index contributed by atoms with van der Waals surface area (Å²) in [7, 11) is 0. The number of aryl methyl sites for hydroxylation is 1. The van der Waals surface area contributed by atoms with Crippen molar-refractivity contribution in [3.05, 3.63) is 29.7 Å². The third-order valence-electron chi connectivity index (χ3n) is 6.30. The van der Waals surface area contributed by atoms with Gasteiger partial charge in [0.05, 0.1) is 35.3 Å². The zero-order valence-corrected chi connectivity index (χ0v) is 17.2. The maximum atomic E-state index is 13.1. The summed E-state index contributed by atoms with van der Waals surface area (Å²) in [6.45, 7) is 9.61. The summed E-state index contributed by atoms with van der Waals surface area (Å²) in [5, 5.41) is 14.7. The molecule has 1 amide bonds. The van der Waals surface area contributed by atoms with E-state index >= 15 is 0 Å². The molecule has 0 saturated carbocycles. The second-order valence-electron chi connectivity index (χ2n) is 9.40. The van der Waals surface area contributed by atoms with Crippen LogP contribution in [-0.4, -0.2) is 61.4 Å². The monoisotopic (exact) mass is 386 g/mol. The topological polar surface area (TPSA) is 80.0 Å². The lowest BCUT2D eigenvalue weighted by Gasteiger charge is -2.50. The highest BCUT2D eigenvalue weighted by Crippen LogP contribution is 2.42. The summed E-state index contributed by atoms with van der Waals surface area (Å²) < 4.78 is 8.23. The van der Waals surface area contributed by atoms with Gasteiger partial charge in [-0.15, -0.1) is 0 Å². The molecule has 2 fully saturated rings. The number of piperidine rings is 1. The Morgan fingerprint density at radius 2 is 2.04 bits per heavy atom. The van der Waals surface area contributed by atoms with Crippen LogP contribution in [0, 0.1) is 12.3 Å². The SMILES string of the molecule is Cc1c(C(=O)N2CCC3(CC2)C[C@H](O)C[C@H](C(C)(C)C)O3)cnc2ccnn12. The number of hydrogen-bond donors (Lipinski definition) is 1. The average molecular weight is 386 g/mol. The highest BCUT2D eigenvalue weighted by molar-refractivity contribution is 5.95. The van der Waals surface area contributed by atoms with Gasteiger partial charge in [-0.3, -0.25) is 4.79 Å². The minimum absolute atomic E-state index is 0.0106. The van der Waals surface area contributed by atoms with E-state index in [0.29, 0.717) is 31.5 Å². The number of rotatable bonds is 1. The second-order valence-corrected chi connectivity index (χ2v) is 9.40. The van der Waals surface area contributed by atoms with Gasteiger partial charge in [-0.1, -0.05) is 20.8 Å². The Bertz CT molecular complexity index is 877. The van der Waals surface area contributed by atoms with E-state index in [1.807, 2.05) is 17.9 Å². The standard InChI is InChI=1S/C21H30N4O3/c1-14-16(13-22-18-5-8-23-25(14)18)19(27)24-9-6-21(7-10-24)12-15(26)11-17(28-21)20(2,3)4/h5,8,13,15,17,26H,6-7,9-12H2,1-4H3/t15-,17-/m1/s1. The Kier molecular flexibility index (Phi) is 4.70. The first-order chi connectivity index (χ1) is 13.2. The summed E-state index contributed by atoms with van der Waals surface area (Å²) in [4.78, 5) is 19.3. The van der Waals surface area contributed by atoms with E-state index in [0.717, 1.165) is 24.2 Å². The lowest BCUT2D eigenvalue weighted by atomic mass is 9.76. The smallest absolute Gasteiger partial charge is 0.257 e. The van der Waals surface area contributed by atoms with Crippen molar-refractivity contribution >= 4 is 11.6 Å². The molecule has 152 valence electrons. The molecule has 1 N–H and O–H groups in total. The van der Waals surface area contributed by atoms with E-state index in [4.69, 9.17) is 4.74 Å². The van der Waals surface area contributed by atoms with Crippen LogP contribution in [0.1, 0.15) is 62.5 Å². The quantitative estimate of drug-likeness (QED) is 0.815. The maximum Gasteiger partial charge on any atom is 0.257 e. The number of amides is 1. The fourth-order valence-corrected chi connectivity index (χ4v) is 4.50. The minimum atomic E-state index is -0.339. The Morgan fingerprint density at radius 3 is 2.71 bits per heavy atom. The fraction of sp³-hybridized carbons (Fsp3) is 0.667. The third kappa shape index (κ3) is 3.42. The van der Waals surface area contributed by atoms with Crippen molar-refractivity contribution in [1.29, 1.82) is 0 Å². The molecule has 1 spiro atoms. The Morgan fingerprint density at radius 1 is 1.32 bits per heavy atom. The van der Waals surface area contributed by atoms with E-state index in [1.54, 1.807) is 16.9 Å². The highest BCUT2D eigenvalue weighted by atomic mass is 16.5. The molecule has 0 aliphatic carbocycles. The first-order valence-corrected chi connectivity index (χ1v) is 10.1. The van der Waals surface area contributed by atoms with Crippen molar-refractivity contribution in [2.75, 3.05) is 13.1 Å². The van der Waals surface area contributed by atoms with Crippen LogP contribution in [0.15, 0.2) is 18.5 Å². The number of aliphatic hydroxyl groups is 1. The number of nitrogens with zero attached hydrogens (tertiary/aromatic N) is 4. The van der Waals surface area contributed by atoms with E-state index in [9.17, 15) is 9.90 Å². The van der Waals surface area contributed by atoms with Crippen LogP contribution < -0.4 is 0 Å². The summed E-state index contributed by atoms with van der Waals surface area (Å²) in [6.07, 6.45) is 5.87. The van der Waals surface area contributed by atoms with Gasteiger partial charge in [0.2, 0.25) is 0 Å². The molecule has 7 nitrogen and oxygen atoms in total. The Hall–Kier alpha value is -1.99. The predicted octanol–water partition coefficient (Wildman–Crippen LogP) is 2.60. The molecule has 0 unspecified atom stereocenters. The van der Waals surface area contributed by atoms with Gasteiger partial charge < -0.3 is 14.7 Å². The molecule has 2 aliphatic heterocycles. The first-order valence-electron chi connectivity index (χ1n) is 10.1. The number of likely N-dealkylation sites (tertiary alicyclic amines) is 1. The van der Waals surface area contributed by atoms with E-state index in [1.165, 1.54) is 0 Å². The summed E-state index contributed by atoms with van der Waals surface area (Å²) in [5.41, 5.74) is 1.79. The van der Waals surface area contributed by atoms with Gasteiger partial charge in [0.15, 0.2) is 5.65 Å². The number of carbonyl (C=O) groups is 1. The van der Waals surface area contributed by atoms with E-state index < -0.39 is 0 Å². The van der Waals surface area contributed by atoms with Crippen molar-refractivity contribution < 1.29 is 14.6 Å². The number of aromatic nitrogens is 3. The Balaban J connectivity index is 1.48. The molecular formula is C21H30N4O3. The number of hydrogen-bond acceptors (Lipinski definition) is 5. The van der Waals surface area contributed by atoms with Gasteiger partial charge in [-0.25, -0.2) is 9.50 Å².